The number of fused-ring (bicyclic) bond motifs is 1. The van der Waals surface area contributed by atoms with Crippen LogP contribution in [0.3, 0.4) is 0 Å². The van der Waals surface area contributed by atoms with Gasteiger partial charge in [-0.15, -0.1) is 11.3 Å². The Labute approximate surface area is 181 Å². The Morgan fingerprint density at radius 2 is 1.77 bits per heavy atom. The smallest absolute Gasteiger partial charge is 0.238 e. The Morgan fingerprint density at radius 3 is 2.37 bits per heavy atom. The zero-order valence-electron chi connectivity index (χ0n) is 17.0. The van der Waals surface area contributed by atoms with Gasteiger partial charge in [0.2, 0.25) is 5.91 Å². The summed E-state index contributed by atoms with van der Waals surface area (Å²) in [6, 6.07) is 22.5. The fraction of sp³-hybridized carbons (Fsp3) is 0.280. The van der Waals surface area contributed by atoms with Gasteiger partial charge >= 0.3 is 0 Å². The Kier molecular flexibility index (Phi) is 6.27. The van der Waals surface area contributed by atoms with Gasteiger partial charge in [-0.2, -0.15) is 5.26 Å². The second-order valence-electron chi connectivity index (χ2n) is 7.85. The first kappa shape index (κ1) is 20.3. The van der Waals surface area contributed by atoms with Crippen molar-refractivity contribution in [2.24, 2.45) is 5.92 Å². The van der Waals surface area contributed by atoms with Gasteiger partial charge in [-0.05, 0) is 41.9 Å². The quantitative estimate of drug-likeness (QED) is 0.591. The number of nitrogens with one attached hydrogen (secondary N) is 2. The van der Waals surface area contributed by atoms with E-state index in [0.29, 0.717) is 16.5 Å². The summed E-state index contributed by atoms with van der Waals surface area (Å²) >= 11 is 1.56. The number of benzene rings is 2. The van der Waals surface area contributed by atoms with E-state index in [-0.39, 0.29) is 18.5 Å². The molecule has 4 nitrogen and oxygen atoms in total. The highest BCUT2D eigenvalue weighted by molar-refractivity contribution is 7.16. The molecule has 0 aliphatic heterocycles. The van der Waals surface area contributed by atoms with Crippen LogP contribution in [-0.2, 0) is 17.6 Å². The van der Waals surface area contributed by atoms with Crippen LogP contribution in [0.1, 0.15) is 46.5 Å². The van der Waals surface area contributed by atoms with E-state index in [1.165, 1.54) is 4.88 Å². The molecule has 1 aliphatic rings. The lowest BCUT2D eigenvalue weighted by molar-refractivity contribution is -0.115. The summed E-state index contributed by atoms with van der Waals surface area (Å²) in [6.07, 6.45) is 3.02. The molecule has 1 aromatic heterocycles. The molecule has 0 bridgehead atoms. The lowest BCUT2D eigenvalue weighted by atomic mass is 9.89. The third-order valence-corrected chi connectivity index (χ3v) is 6.78. The molecule has 2 N–H and O–H groups in total. The highest BCUT2D eigenvalue weighted by Crippen LogP contribution is 2.39. The van der Waals surface area contributed by atoms with E-state index < -0.39 is 0 Å². The number of carbonyl (C=O) groups is 1. The number of thiophene rings is 1. The van der Waals surface area contributed by atoms with E-state index >= 15 is 0 Å². The lowest BCUT2D eigenvalue weighted by Gasteiger charge is -2.19. The third kappa shape index (κ3) is 4.46. The molecule has 3 aromatic rings. The number of rotatable bonds is 6. The van der Waals surface area contributed by atoms with Crippen molar-refractivity contribution in [1.29, 1.82) is 5.26 Å². The van der Waals surface area contributed by atoms with Gasteiger partial charge in [-0.1, -0.05) is 67.6 Å². The van der Waals surface area contributed by atoms with Crippen molar-refractivity contribution in [2.45, 2.75) is 32.2 Å². The van der Waals surface area contributed by atoms with Gasteiger partial charge in [0.1, 0.15) is 11.1 Å². The van der Waals surface area contributed by atoms with Crippen molar-refractivity contribution in [3.05, 3.63) is 87.8 Å². The fourth-order valence-electron chi connectivity index (χ4n) is 4.04. The standard InChI is InChI=1S/C25H25N3OS/c1-17-12-13-20-21(15-26)25(30-22(20)14-17)28-23(29)16-27-24(18-8-4-2-5-9-18)19-10-6-3-7-11-19/h2-11,17,24,27H,12-14,16H2,1H3,(H,28,29). The largest absolute Gasteiger partial charge is 0.315 e. The van der Waals surface area contributed by atoms with E-state index in [2.05, 4.69) is 47.9 Å². The first-order valence-corrected chi connectivity index (χ1v) is 11.1. The predicted octanol–water partition coefficient (Wildman–Crippen LogP) is 5.06. The molecule has 0 fully saturated rings. The Hall–Kier alpha value is -2.94. The fourth-order valence-corrected chi connectivity index (χ4v) is 5.42. The van der Waals surface area contributed by atoms with Crippen LogP contribution in [0.4, 0.5) is 5.00 Å². The zero-order chi connectivity index (χ0) is 20.9. The molecular weight excluding hydrogens is 390 g/mol. The second kappa shape index (κ2) is 9.25. The summed E-state index contributed by atoms with van der Waals surface area (Å²) in [5.41, 5.74) is 4.00. The Morgan fingerprint density at radius 1 is 1.13 bits per heavy atom. The minimum atomic E-state index is -0.130. The van der Waals surface area contributed by atoms with Crippen molar-refractivity contribution < 1.29 is 4.79 Å². The number of hydrogen-bond acceptors (Lipinski definition) is 4. The average molecular weight is 416 g/mol. The topological polar surface area (TPSA) is 64.9 Å². The van der Waals surface area contributed by atoms with E-state index in [0.717, 1.165) is 36.0 Å². The van der Waals surface area contributed by atoms with Gasteiger partial charge in [0, 0.05) is 4.88 Å². The summed E-state index contributed by atoms with van der Waals surface area (Å²) in [4.78, 5) is 14.0. The number of anilines is 1. The zero-order valence-corrected chi connectivity index (χ0v) is 17.8. The van der Waals surface area contributed by atoms with Crippen LogP contribution in [0.2, 0.25) is 0 Å². The molecule has 1 unspecified atom stereocenters. The maximum Gasteiger partial charge on any atom is 0.238 e. The Balaban J connectivity index is 1.48. The van der Waals surface area contributed by atoms with Crippen LogP contribution in [-0.4, -0.2) is 12.5 Å². The second-order valence-corrected chi connectivity index (χ2v) is 8.96. The van der Waals surface area contributed by atoms with Crippen LogP contribution >= 0.6 is 11.3 Å². The summed E-state index contributed by atoms with van der Waals surface area (Å²) in [6.45, 7) is 2.41. The van der Waals surface area contributed by atoms with Gasteiger partial charge in [0.05, 0.1) is 18.2 Å². The average Bonchev–Trinajstić information content (AvgIpc) is 3.11. The van der Waals surface area contributed by atoms with E-state index in [1.54, 1.807) is 11.3 Å². The maximum absolute atomic E-state index is 12.7. The van der Waals surface area contributed by atoms with Crippen LogP contribution < -0.4 is 10.6 Å². The molecule has 4 rings (SSSR count). The normalized spacial score (nSPS) is 15.4. The molecule has 1 amide bonds. The van der Waals surface area contributed by atoms with Crippen molar-refractivity contribution in [2.75, 3.05) is 11.9 Å². The maximum atomic E-state index is 12.7. The van der Waals surface area contributed by atoms with Crippen LogP contribution in [0.25, 0.3) is 0 Å². The van der Waals surface area contributed by atoms with Crippen LogP contribution in [0.5, 0.6) is 0 Å². The number of carbonyl (C=O) groups excluding carboxylic acids is 1. The first-order valence-electron chi connectivity index (χ1n) is 10.3. The van der Waals surface area contributed by atoms with Crippen molar-refractivity contribution in [3.8, 4) is 6.07 Å². The molecule has 2 aromatic carbocycles. The summed E-state index contributed by atoms with van der Waals surface area (Å²) in [5, 5.41) is 16.7. The van der Waals surface area contributed by atoms with Gasteiger partial charge in [0.25, 0.3) is 0 Å². The SMILES string of the molecule is CC1CCc2c(sc(NC(=O)CNC(c3ccccc3)c3ccccc3)c2C#N)C1. The monoisotopic (exact) mass is 415 g/mol. The van der Waals surface area contributed by atoms with Crippen LogP contribution in [0, 0.1) is 17.2 Å². The number of nitriles is 1. The highest BCUT2D eigenvalue weighted by Gasteiger charge is 2.25. The molecule has 0 saturated heterocycles. The van der Waals surface area contributed by atoms with Gasteiger partial charge in [-0.3, -0.25) is 10.1 Å². The molecule has 30 heavy (non-hydrogen) atoms. The van der Waals surface area contributed by atoms with E-state index in [1.807, 2.05) is 36.4 Å². The number of hydrogen-bond donors (Lipinski definition) is 2. The van der Waals surface area contributed by atoms with E-state index in [4.69, 9.17) is 0 Å². The highest BCUT2D eigenvalue weighted by atomic mass is 32.1. The molecular formula is C25H25N3OS. The minimum absolute atomic E-state index is 0.0778. The third-order valence-electron chi connectivity index (χ3n) is 5.61. The van der Waals surface area contributed by atoms with Gasteiger partial charge < -0.3 is 5.32 Å². The lowest BCUT2D eigenvalue weighted by Crippen LogP contribution is -2.31. The molecule has 1 aliphatic carbocycles. The summed E-state index contributed by atoms with van der Waals surface area (Å²) in [5.74, 6) is 0.500. The minimum Gasteiger partial charge on any atom is -0.315 e. The predicted molar refractivity (Wildman–Crippen MR) is 122 cm³/mol. The number of nitrogens with zero attached hydrogens (tertiary/aromatic N) is 1. The van der Waals surface area contributed by atoms with Crippen molar-refractivity contribution in [1.82, 2.24) is 5.32 Å². The molecule has 1 heterocycles. The van der Waals surface area contributed by atoms with Crippen molar-refractivity contribution >= 4 is 22.2 Å². The Bertz CT molecular complexity index is 1010. The summed E-state index contributed by atoms with van der Waals surface area (Å²) < 4.78 is 0. The molecule has 0 saturated carbocycles. The number of amides is 1. The summed E-state index contributed by atoms with van der Waals surface area (Å²) in [7, 11) is 0. The molecule has 1 atom stereocenters. The van der Waals surface area contributed by atoms with Gasteiger partial charge in [0.15, 0.2) is 0 Å². The molecule has 0 radical (unpaired) electrons. The van der Waals surface area contributed by atoms with Gasteiger partial charge in [-0.25, -0.2) is 0 Å². The molecule has 5 heteroatoms. The van der Waals surface area contributed by atoms with E-state index in [9.17, 15) is 10.1 Å². The van der Waals surface area contributed by atoms with Crippen LogP contribution in [0.15, 0.2) is 60.7 Å². The van der Waals surface area contributed by atoms with Crippen molar-refractivity contribution in [3.63, 3.8) is 0 Å². The molecule has 0 spiro atoms. The first-order chi connectivity index (χ1) is 14.7. The molecule has 152 valence electrons.